The molecular weight excluding hydrogens is 330 g/mol. The van der Waals surface area contributed by atoms with E-state index in [-0.39, 0.29) is 0 Å². The van der Waals surface area contributed by atoms with Crippen LogP contribution in [-0.2, 0) is 13.0 Å². The van der Waals surface area contributed by atoms with Crippen LogP contribution in [0.3, 0.4) is 0 Å². The summed E-state index contributed by atoms with van der Waals surface area (Å²) in [7, 11) is 0. The van der Waals surface area contributed by atoms with Crippen LogP contribution in [0.15, 0.2) is 46.9 Å². The summed E-state index contributed by atoms with van der Waals surface area (Å²) in [6.45, 7) is 2.78. The summed E-state index contributed by atoms with van der Waals surface area (Å²) in [4.78, 5) is 0. The molecule has 4 heteroatoms. The second kappa shape index (κ2) is 7.48. The number of phenolic OH excluding ortho intramolecular Hbond substituents is 2. The molecule has 0 fully saturated rings. The first-order valence-corrected chi connectivity index (χ1v) is 7.83. The lowest BCUT2D eigenvalue weighted by Gasteiger charge is -2.15. The number of hydrogen-bond donors (Lipinski definition) is 3. The predicted octanol–water partition coefficient (Wildman–Crippen LogP) is 3.97. The molecule has 0 heterocycles. The monoisotopic (exact) mass is 349 g/mol. The second-order valence-corrected chi connectivity index (χ2v) is 6.09. The van der Waals surface area contributed by atoms with E-state index in [0.717, 1.165) is 22.9 Å². The highest BCUT2D eigenvalue weighted by Gasteiger charge is 2.07. The summed E-state index contributed by atoms with van der Waals surface area (Å²) in [5, 5.41) is 22.6. The van der Waals surface area contributed by atoms with Crippen molar-refractivity contribution in [3.05, 3.63) is 58.1 Å². The molecule has 0 spiro atoms. The van der Waals surface area contributed by atoms with Crippen molar-refractivity contribution in [2.75, 3.05) is 0 Å². The van der Waals surface area contributed by atoms with Gasteiger partial charge in [0, 0.05) is 18.2 Å². The Hall–Kier alpha value is -1.52. The van der Waals surface area contributed by atoms with Crippen LogP contribution in [0.4, 0.5) is 0 Å². The fourth-order valence-electron chi connectivity index (χ4n) is 2.13. The largest absolute Gasteiger partial charge is 0.508 e. The molecule has 0 radical (unpaired) electrons. The Morgan fingerprint density at radius 3 is 2.52 bits per heavy atom. The summed E-state index contributed by atoms with van der Waals surface area (Å²) >= 11 is 3.32. The highest BCUT2D eigenvalue weighted by atomic mass is 79.9. The molecule has 3 N–H and O–H groups in total. The van der Waals surface area contributed by atoms with E-state index in [1.54, 1.807) is 12.1 Å². The highest BCUT2D eigenvalue weighted by molar-refractivity contribution is 9.10. The Balaban J connectivity index is 1.80. The summed E-state index contributed by atoms with van der Waals surface area (Å²) in [5.74, 6) is 0.603. The van der Waals surface area contributed by atoms with Gasteiger partial charge in [-0.15, -0.1) is 0 Å². The van der Waals surface area contributed by atoms with E-state index in [9.17, 15) is 10.2 Å². The van der Waals surface area contributed by atoms with Crippen molar-refractivity contribution in [3.63, 3.8) is 0 Å². The Morgan fingerprint density at radius 2 is 1.81 bits per heavy atom. The maximum atomic E-state index is 9.93. The van der Waals surface area contributed by atoms with Gasteiger partial charge in [-0.3, -0.25) is 0 Å². The third-order valence-electron chi connectivity index (χ3n) is 3.51. The van der Waals surface area contributed by atoms with Gasteiger partial charge in [0.2, 0.25) is 0 Å². The van der Waals surface area contributed by atoms with Crippen molar-refractivity contribution in [1.29, 1.82) is 0 Å². The third kappa shape index (κ3) is 4.76. The molecule has 0 bridgehead atoms. The van der Waals surface area contributed by atoms with Crippen LogP contribution >= 0.6 is 15.9 Å². The zero-order chi connectivity index (χ0) is 15.2. The molecular formula is C17H20BrNO2. The SMILES string of the molecule is CC(CCc1ccc(O)cc1)NCc1cccc(Br)c1O. The minimum absolute atomic E-state index is 0.301. The number of aryl methyl sites for hydroxylation is 1. The van der Waals surface area contributed by atoms with E-state index in [4.69, 9.17) is 0 Å². The molecule has 0 amide bonds. The average molecular weight is 350 g/mol. The van der Waals surface area contributed by atoms with Gasteiger partial charge in [-0.05, 0) is 59.5 Å². The average Bonchev–Trinajstić information content (AvgIpc) is 2.48. The van der Waals surface area contributed by atoms with Crippen LogP contribution in [0.1, 0.15) is 24.5 Å². The minimum atomic E-state index is 0.301. The molecule has 1 unspecified atom stereocenters. The number of benzene rings is 2. The zero-order valence-corrected chi connectivity index (χ0v) is 13.6. The lowest BCUT2D eigenvalue weighted by atomic mass is 10.1. The number of aromatic hydroxyl groups is 2. The van der Waals surface area contributed by atoms with Gasteiger partial charge in [0.1, 0.15) is 11.5 Å². The van der Waals surface area contributed by atoms with Crippen molar-refractivity contribution in [2.24, 2.45) is 0 Å². The predicted molar refractivity (Wildman–Crippen MR) is 88.5 cm³/mol. The molecule has 3 nitrogen and oxygen atoms in total. The van der Waals surface area contributed by atoms with Gasteiger partial charge in [0.05, 0.1) is 4.47 Å². The summed E-state index contributed by atoms with van der Waals surface area (Å²) < 4.78 is 0.721. The Bertz CT molecular complexity index is 584. The smallest absolute Gasteiger partial charge is 0.134 e. The summed E-state index contributed by atoms with van der Waals surface area (Å²) in [5.41, 5.74) is 2.10. The number of phenols is 2. The molecule has 0 aliphatic heterocycles. The van der Waals surface area contributed by atoms with Crippen LogP contribution in [0.5, 0.6) is 11.5 Å². The molecule has 1 atom stereocenters. The number of halogens is 1. The molecule has 2 aromatic carbocycles. The Labute approximate surface area is 133 Å². The maximum Gasteiger partial charge on any atom is 0.134 e. The Morgan fingerprint density at radius 1 is 1.10 bits per heavy atom. The molecule has 0 aliphatic rings. The molecule has 2 aromatic rings. The number of rotatable bonds is 6. The van der Waals surface area contributed by atoms with Crippen molar-refractivity contribution < 1.29 is 10.2 Å². The quantitative estimate of drug-likeness (QED) is 0.739. The first-order chi connectivity index (χ1) is 10.1. The molecule has 112 valence electrons. The van der Waals surface area contributed by atoms with Gasteiger partial charge in [0.25, 0.3) is 0 Å². The van der Waals surface area contributed by atoms with E-state index in [0.29, 0.717) is 24.1 Å². The molecule has 2 rings (SSSR count). The standard InChI is InChI=1S/C17H20BrNO2/c1-12(5-6-13-7-9-15(20)10-8-13)19-11-14-3-2-4-16(18)17(14)21/h2-4,7-10,12,19-21H,5-6,11H2,1H3. The van der Waals surface area contributed by atoms with Crippen molar-refractivity contribution in [2.45, 2.75) is 32.4 Å². The second-order valence-electron chi connectivity index (χ2n) is 5.23. The van der Waals surface area contributed by atoms with Gasteiger partial charge in [-0.2, -0.15) is 0 Å². The summed E-state index contributed by atoms with van der Waals surface area (Å²) in [6.07, 6.45) is 1.96. The first kappa shape index (κ1) is 15.9. The van der Waals surface area contributed by atoms with Crippen molar-refractivity contribution in [1.82, 2.24) is 5.32 Å². The van der Waals surface area contributed by atoms with Gasteiger partial charge < -0.3 is 15.5 Å². The van der Waals surface area contributed by atoms with E-state index in [1.807, 2.05) is 30.3 Å². The van der Waals surface area contributed by atoms with Gasteiger partial charge >= 0.3 is 0 Å². The van der Waals surface area contributed by atoms with Crippen LogP contribution < -0.4 is 5.32 Å². The van der Waals surface area contributed by atoms with Crippen molar-refractivity contribution in [3.8, 4) is 11.5 Å². The zero-order valence-electron chi connectivity index (χ0n) is 12.0. The molecule has 0 saturated heterocycles. The number of hydrogen-bond acceptors (Lipinski definition) is 3. The summed E-state index contributed by atoms with van der Waals surface area (Å²) in [6, 6.07) is 13.3. The molecule has 0 saturated carbocycles. The third-order valence-corrected chi connectivity index (χ3v) is 4.15. The molecule has 0 aromatic heterocycles. The number of nitrogens with one attached hydrogen (secondary N) is 1. The fraction of sp³-hybridized carbons (Fsp3) is 0.294. The van der Waals surface area contributed by atoms with E-state index < -0.39 is 0 Å². The van der Waals surface area contributed by atoms with Gasteiger partial charge in [-0.25, -0.2) is 0 Å². The maximum absolute atomic E-state index is 9.93. The van der Waals surface area contributed by atoms with Gasteiger partial charge in [0.15, 0.2) is 0 Å². The van der Waals surface area contributed by atoms with Crippen LogP contribution in [-0.4, -0.2) is 16.3 Å². The van der Waals surface area contributed by atoms with Gasteiger partial charge in [-0.1, -0.05) is 24.3 Å². The van der Waals surface area contributed by atoms with Crippen molar-refractivity contribution >= 4 is 15.9 Å². The molecule has 0 aliphatic carbocycles. The fourth-order valence-corrected chi connectivity index (χ4v) is 2.54. The van der Waals surface area contributed by atoms with E-state index in [1.165, 1.54) is 5.56 Å². The van der Waals surface area contributed by atoms with Crippen LogP contribution in [0, 0.1) is 0 Å². The Kier molecular flexibility index (Phi) is 5.65. The topological polar surface area (TPSA) is 52.5 Å². The number of para-hydroxylation sites is 1. The lowest BCUT2D eigenvalue weighted by molar-refractivity contribution is 0.452. The van der Waals surface area contributed by atoms with E-state index >= 15 is 0 Å². The van der Waals surface area contributed by atoms with Crippen LogP contribution in [0.2, 0.25) is 0 Å². The lowest BCUT2D eigenvalue weighted by Crippen LogP contribution is -2.26. The van der Waals surface area contributed by atoms with E-state index in [2.05, 4.69) is 28.2 Å². The normalized spacial score (nSPS) is 12.3. The molecule has 21 heavy (non-hydrogen) atoms. The highest BCUT2D eigenvalue weighted by Crippen LogP contribution is 2.27. The van der Waals surface area contributed by atoms with Crippen LogP contribution in [0.25, 0.3) is 0 Å². The first-order valence-electron chi connectivity index (χ1n) is 7.04. The minimum Gasteiger partial charge on any atom is -0.508 e.